The first kappa shape index (κ1) is 13.4. The van der Waals surface area contributed by atoms with Gasteiger partial charge in [-0.05, 0) is 32.0 Å². The minimum atomic E-state index is 0.552. The Morgan fingerprint density at radius 2 is 2.16 bits per heavy atom. The standard InChI is InChI=1S/C13H15ClN4O/c1-3-19-13-8(2)12(16-7-17-13)18-11-6-9(15)4-5-10(11)14/h4-7H,3,15H2,1-2H3,(H,16,17,18). The third-order valence-electron chi connectivity index (χ3n) is 2.56. The highest BCUT2D eigenvalue weighted by atomic mass is 35.5. The molecule has 100 valence electrons. The Labute approximate surface area is 116 Å². The lowest BCUT2D eigenvalue weighted by Crippen LogP contribution is -2.03. The van der Waals surface area contributed by atoms with Gasteiger partial charge in [0, 0.05) is 5.69 Å². The molecule has 2 aromatic rings. The molecule has 3 N–H and O–H groups in total. The van der Waals surface area contributed by atoms with Crippen LogP contribution in [0.2, 0.25) is 5.02 Å². The highest BCUT2D eigenvalue weighted by Gasteiger charge is 2.09. The van der Waals surface area contributed by atoms with Crippen molar-refractivity contribution in [2.24, 2.45) is 0 Å². The molecule has 0 aliphatic carbocycles. The van der Waals surface area contributed by atoms with E-state index < -0.39 is 0 Å². The molecule has 0 aliphatic rings. The van der Waals surface area contributed by atoms with Gasteiger partial charge >= 0.3 is 0 Å². The lowest BCUT2D eigenvalue weighted by molar-refractivity contribution is 0.324. The molecular formula is C13H15ClN4O. The predicted molar refractivity (Wildman–Crippen MR) is 77.1 cm³/mol. The Bertz CT molecular complexity index is 589. The van der Waals surface area contributed by atoms with Crippen LogP contribution >= 0.6 is 11.6 Å². The number of hydrogen-bond donors (Lipinski definition) is 2. The maximum atomic E-state index is 6.11. The second-order valence-electron chi connectivity index (χ2n) is 3.95. The fourth-order valence-electron chi connectivity index (χ4n) is 1.61. The van der Waals surface area contributed by atoms with Crippen LogP contribution in [-0.2, 0) is 0 Å². The fourth-order valence-corrected chi connectivity index (χ4v) is 1.77. The molecule has 0 radical (unpaired) electrons. The second kappa shape index (κ2) is 5.75. The summed E-state index contributed by atoms with van der Waals surface area (Å²) < 4.78 is 5.42. The van der Waals surface area contributed by atoms with E-state index in [1.165, 1.54) is 6.33 Å². The van der Waals surface area contributed by atoms with Gasteiger partial charge in [0.05, 0.1) is 22.9 Å². The van der Waals surface area contributed by atoms with E-state index in [-0.39, 0.29) is 0 Å². The number of halogens is 1. The molecule has 2 rings (SSSR count). The molecule has 0 saturated carbocycles. The van der Waals surface area contributed by atoms with Crippen molar-refractivity contribution in [2.45, 2.75) is 13.8 Å². The zero-order valence-electron chi connectivity index (χ0n) is 10.8. The molecule has 0 fully saturated rings. The highest BCUT2D eigenvalue weighted by molar-refractivity contribution is 6.33. The number of nitrogen functional groups attached to an aromatic ring is 1. The number of ether oxygens (including phenoxy) is 1. The van der Waals surface area contributed by atoms with Gasteiger partial charge in [-0.15, -0.1) is 0 Å². The Kier molecular flexibility index (Phi) is 4.06. The first-order valence-electron chi connectivity index (χ1n) is 5.88. The van der Waals surface area contributed by atoms with Crippen LogP contribution in [0.25, 0.3) is 0 Å². The number of rotatable bonds is 4. The number of benzene rings is 1. The third kappa shape index (κ3) is 3.06. The lowest BCUT2D eigenvalue weighted by Gasteiger charge is -2.12. The van der Waals surface area contributed by atoms with Gasteiger partial charge in [-0.2, -0.15) is 0 Å². The molecule has 1 aromatic carbocycles. The summed E-state index contributed by atoms with van der Waals surface area (Å²) in [6.07, 6.45) is 1.44. The van der Waals surface area contributed by atoms with Crippen molar-refractivity contribution in [3.05, 3.63) is 35.1 Å². The topological polar surface area (TPSA) is 73.1 Å². The minimum Gasteiger partial charge on any atom is -0.478 e. The molecule has 6 heteroatoms. The average molecular weight is 279 g/mol. The molecule has 0 unspecified atom stereocenters. The smallest absolute Gasteiger partial charge is 0.221 e. The Morgan fingerprint density at radius 3 is 2.89 bits per heavy atom. The molecule has 1 aromatic heterocycles. The van der Waals surface area contributed by atoms with E-state index in [1.54, 1.807) is 18.2 Å². The van der Waals surface area contributed by atoms with E-state index in [1.807, 2.05) is 13.8 Å². The number of nitrogens with zero attached hydrogens (tertiary/aromatic N) is 2. The molecule has 19 heavy (non-hydrogen) atoms. The van der Waals surface area contributed by atoms with Crippen molar-refractivity contribution >= 4 is 28.8 Å². The molecule has 1 heterocycles. The largest absolute Gasteiger partial charge is 0.478 e. The minimum absolute atomic E-state index is 0.552. The van der Waals surface area contributed by atoms with Crippen molar-refractivity contribution in [1.82, 2.24) is 9.97 Å². The molecule has 0 bridgehead atoms. The second-order valence-corrected chi connectivity index (χ2v) is 4.36. The van der Waals surface area contributed by atoms with E-state index in [0.717, 1.165) is 5.56 Å². The van der Waals surface area contributed by atoms with Crippen LogP contribution in [0, 0.1) is 6.92 Å². The highest BCUT2D eigenvalue weighted by Crippen LogP contribution is 2.29. The average Bonchev–Trinajstić information content (AvgIpc) is 2.39. The predicted octanol–water partition coefficient (Wildman–Crippen LogP) is 3.16. The zero-order chi connectivity index (χ0) is 13.8. The number of anilines is 3. The van der Waals surface area contributed by atoms with Crippen molar-refractivity contribution in [3.8, 4) is 5.88 Å². The molecule has 0 saturated heterocycles. The Hall–Kier alpha value is -2.01. The van der Waals surface area contributed by atoms with E-state index in [0.29, 0.717) is 34.7 Å². The summed E-state index contributed by atoms with van der Waals surface area (Å²) >= 11 is 6.11. The van der Waals surface area contributed by atoms with E-state index in [4.69, 9.17) is 22.1 Å². The van der Waals surface area contributed by atoms with Crippen molar-refractivity contribution in [3.63, 3.8) is 0 Å². The Morgan fingerprint density at radius 1 is 1.37 bits per heavy atom. The zero-order valence-corrected chi connectivity index (χ0v) is 11.5. The van der Waals surface area contributed by atoms with Crippen LogP contribution in [-0.4, -0.2) is 16.6 Å². The van der Waals surface area contributed by atoms with Crippen molar-refractivity contribution in [2.75, 3.05) is 17.7 Å². The molecule has 0 amide bonds. The molecule has 5 nitrogen and oxygen atoms in total. The van der Waals surface area contributed by atoms with Crippen LogP contribution in [0.4, 0.5) is 17.2 Å². The van der Waals surface area contributed by atoms with Crippen LogP contribution in [0.1, 0.15) is 12.5 Å². The summed E-state index contributed by atoms with van der Waals surface area (Å²) in [5, 5.41) is 3.71. The fraction of sp³-hybridized carbons (Fsp3) is 0.231. The molecule has 0 aliphatic heterocycles. The van der Waals surface area contributed by atoms with Crippen LogP contribution in [0.3, 0.4) is 0 Å². The first-order chi connectivity index (χ1) is 9.11. The van der Waals surface area contributed by atoms with Gasteiger partial charge in [0.15, 0.2) is 0 Å². The number of aromatic nitrogens is 2. The molecule has 0 atom stereocenters. The quantitative estimate of drug-likeness (QED) is 0.841. The van der Waals surface area contributed by atoms with Gasteiger partial charge in [0.1, 0.15) is 12.1 Å². The third-order valence-corrected chi connectivity index (χ3v) is 2.89. The lowest BCUT2D eigenvalue weighted by atomic mass is 10.2. The van der Waals surface area contributed by atoms with Gasteiger partial charge in [0.25, 0.3) is 0 Å². The SMILES string of the molecule is CCOc1ncnc(Nc2cc(N)ccc2Cl)c1C. The van der Waals surface area contributed by atoms with Crippen LogP contribution < -0.4 is 15.8 Å². The van der Waals surface area contributed by atoms with Crippen molar-refractivity contribution < 1.29 is 4.74 Å². The molecular weight excluding hydrogens is 264 g/mol. The number of hydrogen-bond acceptors (Lipinski definition) is 5. The summed E-state index contributed by atoms with van der Waals surface area (Å²) in [6.45, 7) is 4.34. The maximum Gasteiger partial charge on any atom is 0.221 e. The Balaban J connectivity index is 2.33. The summed E-state index contributed by atoms with van der Waals surface area (Å²) in [6, 6.07) is 5.23. The normalized spacial score (nSPS) is 10.3. The molecule has 0 spiro atoms. The number of nitrogens with one attached hydrogen (secondary N) is 1. The monoisotopic (exact) mass is 278 g/mol. The van der Waals surface area contributed by atoms with Crippen LogP contribution in [0.15, 0.2) is 24.5 Å². The number of nitrogens with two attached hydrogens (primary N) is 1. The van der Waals surface area contributed by atoms with Gasteiger partial charge in [-0.3, -0.25) is 0 Å². The summed E-state index contributed by atoms with van der Waals surface area (Å²) in [7, 11) is 0. The van der Waals surface area contributed by atoms with Gasteiger partial charge in [-0.1, -0.05) is 11.6 Å². The van der Waals surface area contributed by atoms with E-state index >= 15 is 0 Å². The maximum absolute atomic E-state index is 6.11. The van der Waals surface area contributed by atoms with E-state index in [9.17, 15) is 0 Å². The van der Waals surface area contributed by atoms with Gasteiger partial charge in [0.2, 0.25) is 5.88 Å². The van der Waals surface area contributed by atoms with Gasteiger partial charge < -0.3 is 15.8 Å². The summed E-state index contributed by atoms with van der Waals surface area (Å²) in [5.41, 5.74) is 7.89. The van der Waals surface area contributed by atoms with E-state index in [2.05, 4.69) is 15.3 Å². The first-order valence-corrected chi connectivity index (χ1v) is 6.26. The van der Waals surface area contributed by atoms with Gasteiger partial charge in [-0.25, -0.2) is 9.97 Å². The van der Waals surface area contributed by atoms with Crippen molar-refractivity contribution in [1.29, 1.82) is 0 Å². The summed E-state index contributed by atoms with van der Waals surface area (Å²) in [5.74, 6) is 1.20. The van der Waals surface area contributed by atoms with Crippen LogP contribution in [0.5, 0.6) is 5.88 Å². The summed E-state index contributed by atoms with van der Waals surface area (Å²) in [4.78, 5) is 8.26.